The average molecular weight is 446 g/mol. The molecular formula is C21H27N5O2S2. The van der Waals surface area contributed by atoms with Gasteiger partial charge in [-0.2, -0.15) is 17.1 Å². The van der Waals surface area contributed by atoms with Gasteiger partial charge in [-0.15, -0.1) is 0 Å². The molecule has 0 spiro atoms. The lowest BCUT2D eigenvalue weighted by Gasteiger charge is -2.35. The van der Waals surface area contributed by atoms with E-state index >= 15 is 0 Å². The minimum absolute atomic E-state index is 0.580. The number of fused-ring (bicyclic) bond motifs is 1. The van der Waals surface area contributed by atoms with Crippen LogP contribution in [-0.4, -0.2) is 68.8 Å². The van der Waals surface area contributed by atoms with Crippen LogP contribution < -0.4 is 9.62 Å². The Hall–Kier alpha value is -2.20. The Bertz CT molecular complexity index is 1090. The third-order valence-electron chi connectivity index (χ3n) is 5.43. The molecule has 0 radical (unpaired) electrons. The summed E-state index contributed by atoms with van der Waals surface area (Å²) in [5.74, 6) is 1.12. The molecule has 0 unspecified atom stereocenters. The summed E-state index contributed by atoms with van der Waals surface area (Å²) in [6.07, 6.45) is 0.945. The fraction of sp³-hybridized carbons (Fsp3) is 0.381. The van der Waals surface area contributed by atoms with Crippen molar-refractivity contribution < 1.29 is 8.42 Å². The van der Waals surface area contributed by atoms with Gasteiger partial charge in [-0.25, -0.2) is 0 Å². The molecule has 0 amide bonds. The first-order valence-corrected chi connectivity index (χ1v) is 12.2. The van der Waals surface area contributed by atoms with Gasteiger partial charge >= 0.3 is 10.2 Å². The number of nitrogens with one attached hydrogen (secondary N) is 1. The van der Waals surface area contributed by atoms with Gasteiger partial charge in [0.15, 0.2) is 0 Å². The van der Waals surface area contributed by atoms with Crippen LogP contribution in [0.3, 0.4) is 0 Å². The highest BCUT2D eigenvalue weighted by atomic mass is 32.2. The molecule has 1 N–H and O–H groups in total. The van der Waals surface area contributed by atoms with Crippen molar-refractivity contribution in [1.82, 2.24) is 13.6 Å². The Morgan fingerprint density at radius 2 is 1.73 bits per heavy atom. The van der Waals surface area contributed by atoms with Gasteiger partial charge in [0.05, 0.1) is 4.70 Å². The number of hydrogen-bond donors (Lipinski definition) is 1. The Labute approximate surface area is 182 Å². The highest BCUT2D eigenvalue weighted by Gasteiger charge is 2.20. The number of rotatable bonds is 7. The Morgan fingerprint density at radius 1 is 1.03 bits per heavy atom. The lowest BCUT2D eigenvalue weighted by atomic mass is 10.1. The molecule has 0 atom stereocenters. The molecule has 2 aromatic carbocycles. The van der Waals surface area contributed by atoms with Crippen LogP contribution in [0.5, 0.6) is 0 Å². The monoisotopic (exact) mass is 445 g/mol. The number of piperazine rings is 1. The van der Waals surface area contributed by atoms with Crippen molar-refractivity contribution in [2.24, 2.45) is 0 Å². The third-order valence-corrected chi connectivity index (χ3v) is 7.70. The van der Waals surface area contributed by atoms with Gasteiger partial charge in [-0.3, -0.25) is 9.62 Å². The summed E-state index contributed by atoms with van der Waals surface area (Å²) >= 11 is 1.57. The summed E-state index contributed by atoms with van der Waals surface area (Å²) in [6, 6.07) is 16.0. The molecule has 0 bridgehead atoms. The van der Waals surface area contributed by atoms with Gasteiger partial charge < -0.3 is 4.90 Å². The van der Waals surface area contributed by atoms with E-state index in [4.69, 9.17) is 0 Å². The molecule has 3 aromatic rings. The van der Waals surface area contributed by atoms with Crippen molar-refractivity contribution in [2.75, 3.05) is 56.4 Å². The van der Waals surface area contributed by atoms with Gasteiger partial charge in [0.1, 0.15) is 5.82 Å². The molecule has 1 saturated heterocycles. The summed E-state index contributed by atoms with van der Waals surface area (Å²) in [5.41, 5.74) is 1.78. The Morgan fingerprint density at radius 3 is 2.43 bits per heavy atom. The molecule has 9 heteroatoms. The summed E-state index contributed by atoms with van der Waals surface area (Å²) in [5, 5.41) is 1.25. The fourth-order valence-electron chi connectivity index (χ4n) is 3.55. The van der Waals surface area contributed by atoms with Gasteiger partial charge in [0, 0.05) is 57.9 Å². The molecular weight excluding hydrogens is 418 g/mol. The van der Waals surface area contributed by atoms with Crippen LogP contribution in [0.15, 0.2) is 48.5 Å². The van der Waals surface area contributed by atoms with Crippen molar-refractivity contribution in [1.29, 1.82) is 0 Å². The van der Waals surface area contributed by atoms with Crippen molar-refractivity contribution in [3.63, 3.8) is 0 Å². The SMILES string of the molecule is CN(C)S(=O)(=O)Nc1ccc(CCN2CCN(c3nsc4ccccc34)CC2)cc1. The maximum atomic E-state index is 11.9. The maximum Gasteiger partial charge on any atom is 0.301 e. The Balaban J connectivity index is 1.28. The lowest BCUT2D eigenvalue weighted by molar-refractivity contribution is 0.261. The quantitative estimate of drug-likeness (QED) is 0.606. The van der Waals surface area contributed by atoms with Crippen LogP contribution in [0, 0.1) is 0 Å². The maximum absolute atomic E-state index is 11.9. The van der Waals surface area contributed by atoms with Crippen molar-refractivity contribution in [3.05, 3.63) is 54.1 Å². The summed E-state index contributed by atoms with van der Waals surface area (Å²) in [6.45, 7) is 5.01. The molecule has 0 saturated carbocycles. The first kappa shape index (κ1) is 21.0. The first-order valence-electron chi connectivity index (χ1n) is 10.0. The number of nitrogens with zero attached hydrogens (tertiary/aromatic N) is 4. The predicted octanol–water partition coefficient (Wildman–Crippen LogP) is 2.88. The highest BCUT2D eigenvalue weighted by molar-refractivity contribution is 7.90. The topological polar surface area (TPSA) is 68.8 Å². The zero-order valence-electron chi connectivity index (χ0n) is 17.3. The summed E-state index contributed by atoms with van der Waals surface area (Å²) in [4.78, 5) is 4.87. The average Bonchev–Trinajstić information content (AvgIpc) is 3.17. The second-order valence-electron chi connectivity index (χ2n) is 7.67. The van der Waals surface area contributed by atoms with E-state index in [1.165, 1.54) is 29.7 Å². The summed E-state index contributed by atoms with van der Waals surface area (Å²) in [7, 11) is -0.451. The molecule has 4 rings (SSSR count). The molecule has 7 nitrogen and oxygen atoms in total. The minimum Gasteiger partial charge on any atom is -0.353 e. The third kappa shape index (κ3) is 4.75. The molecule has 1 fully saturated rings. The van der Waals surface area contributed by atoms with Crippen LogP contribution in [0.2, 0.25) is 0 Å². The lowest BCUT2D eigenvalue weighted by Crippen LogP contribution is -2.47. The van der Waals surface area contributed by atoms with Crippen LogP contribution in [-0.2, 0) is 16.6 Å². The van der Waals surface area contributed by atoms with Crippen molar-refractivity contribution in [2.45, 2.75) is 6.42 Å². The second-order valence-corrected chi connectivity index (χ2v) is 10.4. The second kappa shape index (κ2) is 8.89. The zero-order valence-corrected chi connectivity index (χ0v) is 18.9. The molecule has 1 aliphatic rings. The van der Waals surface area contributed by atoms with E-state index in [-0.39, 0.29) is 0 Å². The van der Waals surface area contributed by atoms with E-state index < -0.39 is 10.2 Å². The van der Waals surface area contributed by atoms with Crippen molar-refractivity contribution >= 4 is 43.3 Å². The Kier molecular flexibility index (Phi) is 6.24. The standard InChI is InChI=1S/C21H27N5O2S2/c1-24(2)30(27,28)23-18-9-7-17(8-10-18)11-12-25-13-15-26(16-14-25)21-19-5-3-4-6-20(19)29-22-21/h3-10,23H,11-16H2,1-2H3. The van der Waals surface area contributed by atoms with Crippen LogP contribution in [0.1, 0.15) is 5.56 Å². The van der Waals surface area contributed by atoms with E-state index in [2.05, 4.69) is 43.2 Å². The van der Waals surface area contributed by atoms with E-state index in [9.17, 15) is 8.42 Å². The normalized spacial score (nSPS) is 15.8. The number of anilines is 2. The number of aromatic nitrogens is 1. The zero-order chi connectivity index (χ0) is 21.1. The molecule has 1 aliphatic heterocycles. The smallest absolute Gasteiger partial charge is 0.301 e. The number of hydrogen-bond acceptors (Lipinski definition) is 6. The largest absolute Gasteiger partial charge is 0.353 e. The van der Waals surface area contributed by atoms with E-state index in [1.807, 2.05) is 24.3 Å². The van der Waals surface area contributed by atoms with Gasteiger partial charge in [0.25, 0.3) is 0 Å². The predicted molar refractivity (Wildman–Crippen MR) is 125 cm³/mol. The van der Waals surface area contributed by atoms with E-state index in [1.54, 1.807) is 11.5 Å². The van der Waals surface area contributed by atoms with E-state index in [0.717, 1.165) is 49.3 Å². The van der Waals surface area contributed by atoms with Gasteiger partial charge in [-0.1, -0.05) is 24.3 Å². The van der Waals surface area contributed by atoms with Crippen LogP contribution >= 0.6 is 11.5 Å². The number of benzene rings is 2. The molecule has 160 valence electrons. The molecule has 30 heavy (non-hydrogen) atoms. The van der Waals surface area contributed by atoms with Gasteiger partial charge in [-0.05, 0) is 47.8 Å². The highest BCUT2D eigenvalue weighted by Crippen LogP contribution is 2.29. The van der Waals surface area contributed by atoms with Crippen molar-refractivity contribution in [3.8, 4) is 0 Å². The molecule has 2 heterocycles. The fourth-order valence-corrected chi connectivity index (χ4v) is 4.96. The minimum atomic E-state index is -3.47. The first-order chi connectivity index (χ1) is 14.4. The van der Waals surface area contributed by atoms with E-state index in [0.29, 0.717) is 5.69 Å². The summed E-state index contributed by atoms with van der Waals surface area (Å²) < 4.78 is 33.4. The molecule has 1 aromatic heterocycles. The van der Waals surface area contributed by atoms with Gasteiger partial charge in [0.2, 0.25) is 0 Å². The van der Waals surface area contributed by atoms with Crippen LogP contribution in [0.25, 0.3) is 10.1 Å². The van der Waals surface area contributed by atoms with Crippen LogP contribution in [0.4, 0.5) is 11.5 Å². The molecule has 0 aliphatic carbocycles.